The van der Waals surface area contributed by atoms with Crippen LogP contribution in [0.3, 0.4) is 0 Å². The van der Waals surface area contributed by atoms with Crippen molar-refractivity contribution >= 4 is 17.0 Å². The monoisotopic (exact) mass is 251 g/mol. The molecule has 1 heterocycles. The van der Waals surface area contributed by atoms with Gasteiger partial charge in [0.25, 0.3) is 0 Å². The zero-order valence-corrected chi connectivity index (χ0v) is 10.5. The maximum Gasteiger partial charge on any atom is 0.418 e. The number of rotatable bonds is 2. The van der Waals surface area contributed by atoms with Crippen molar-refractivity contribution in [2.45, 2.75) is 13.8 Å². The lowest BCUT2D eigenvalue weighted by atomic mass is 10.2. The van der Waals surface area contributed by atoms with Gasteiger partial charge in [0.05, 0.1) is 19.2 Å². The second kappa shape index (κ2) is 4.68. The van der Waals surface area contributed by atoms with Gasteiger partial charge < -0.3 is 9.47 Å². The lowest BCUT2D eigenvalue weighted by Crippen LogP contribution is -2.15. The molecule has 4 nitrogen and oxygen atoms in total. The Balaban J connectivity index is 2.67. The molecule has 1 aromatic heterocycles. The predicted octanol–water partition coefficient (Wildman–Crippen LogP) is 3.10. The molecule has 2 aromatic rings. The Labute approximate surface area is 104 Å². The maximum atomic E-state index is 14.0. The van der Waals surface area contributed by atoms with Crippen LogP contribution in [0.2, 0.25) is 0 Å². The molecule has 0 radical (unpaired) electrons. The smallest absolute Gasteiger partial charge is 0.418 e. The van der Waals surface area contributed by atoms with E-state index in [1.807, 2.05) is 0 Å². The molecule has 0 N–H and O–H groups in total. The van der Waals surface area contributed by atoms with E-state index in [9.17, 15) is 9.18 Å². The first-order valence-electron chi connectivity index (χ1n) is 5.61. The van der Waals surface area contributed by atoms with Crippen molar-refractivity contribution in [1.82, 2.24) is 4.57 Å². The van der Waals surface area contributed by atoms with E-state index in [-0.39, 0.29) is 12.1 Å². The number of aryl methyl sites for hydroxylation is 1. The molecule has 0 bridgehead atoms. The Kier molecular flexibility index (Phi) is 3.23. The summed E-state index contributed by atoms with van der Waals surface area (Å²) in [5, 5.41) is 0.609. The molecule has 2 rings (SSSR count). The largest absolute Gasteiger partial charge is 0.497 e. The average Bonchev–Trinajstić information content (AvgIpc) is 2.66. The third kappa shape index (κ3) is 1.92. The summed E-state index contributed by atoms with van der Waals surface area (Å²) >= 11 is 0. The van der Waals surface area contributed by atoms with E-state index >= 15 is 0 Å². The van der Waals surface area contributed by atoms with Crippen molar-refractivity contribution in [3.05, 3.63) is 29.7 Å². The van der Waals surface area contributed by atoms with Gasteiger partial charge in [0.1, 0.15) is 5.75 Å². The SMILES string of the molecule is CCOC(=O)n1c(C)cc2cc(OC)cc(F)c21. The molecule has 0 saturated carbocycles. The highest BCUT2D eigenvalue weighted by Gasteiger charge is 2.17. The third-order valence-corrected chi connectivity index (χ3v) is 2.69. The van der Waals surface area contributed by atoms with Gasteiger partial charge in [-0.05, 0) is 26.0 Å². The third-order valence-electron chi connectivity index (χ3n) is 2.69. The number of ether oxygens (including phenoxy) is 2. The van der Waals surface area contributed by atoms with Crippen molar-refractivity contribution in [3.63, 3.8) is 0 Å². The van der Waals surface area contributed by atoms with Crippen molar-refractivity contribution in [2.24, 2.45) is 0 Å². The van der Waals surface area contributed by atoms with E-state index < -0.39 is 11.9 Å². The Morgan fingerprint density at radius 1 is 1.39 bits per heavy atom. The molecule has 18 heavy (non-hydrogen) atoms. The summed E-state index contributed by atoms with van der Waals surface area (Å²) in [5.41, 5.74) is 0.836. The molecule has 0 atom stereocenters. The quantitative estimate of drug-likeness (QED) is 0.823. The summed E-state index contributed by atoms with van der Waals surface area (Å²) in [6, 6.07) is 4.65. The Hall–Kier alpha value is -2.04. The number of carbonyl (C=O) groups excluding carboxylic acids is 1. The molecule has 96 valence electrons. The minimum Gasteiger partial charge on any atom is -0.497 e. The van der Waals surface area contributed by atoms with E-state index in [2.05, 4.69) is 0 Å². The van der Waals surface area contributed by atoms with Crippen LogP contribution < -0.4 is 4.74 Å². The number of halogens is 1. The highest BCUT2D eigenvalue weighted by Crippen LogP contribution is 2.27. The molecule has 0 fully saturated rings. The molecular weight excluding hydrogens is 237 g/mol. The first-order valence-corrected chi connectivity index (χ1v) is 5.61. The standard InChI is InChI=1S/C13H14FNO3/c1-4-18-13(16)15-8(2)5-9-6-10(17-3)7-11(14)12(9)15/h5-7H,4H2,1-3H3. The summed E-state index contributed by atoms with van der Waals surface area (Å²) in [4.78, 5) is 11.8. The number of carbonyl (C=O) groups is 1. The molecule has 5 heteroatoms. The second-order valence-electron chi connectivity index (χ2n) is 3.87. The molecule has 0 amide bonds. The number of benzene rings is 1. The molecule has 0 spiro atoms. The number of aromatic nitrogens is 1. The van der Waals surface area contributed by atoms with Gasteiger partial charge >= 0.3 is 6.09 Å². The lowest BCUT2D eigenvalue weighted by Gasteiger charge is -2.07. The van der Waals surface area contributed by atoms with Gasteiger partial charge in [-0.3, -0.25) is 0 Å². The van der Waals surface area contributed by atoms with E-state index in [1.165, 1.54) is 17.7 Å². The molecular formula is C13H14FNO3. The van der Waals surface area contributed by atoms with Gasteiger partial charge in [0.2, 0.25) is 0 Å². The summed E-state index contributed by atoms with van der Waals surface area (Å²) < 4.78 is 25.1. The van der Waals surface area contributed by atoms with Crippen LogP contribution in [0.4, 0.5) is 9.18 Å². The Bertz CT molecular complexity index is 604. The van der Waals surface area contributed by atoms with E-state index in [4.69, 9.17) is 9.47 Å². The summed E-state index contributed by atoms with van der Waals surface area (Å²) in [7, 11) is 1.47. The molecule has 0 aliphatic rings. The first kappa shape index (κ1) is 12.4. The highest BCUT2D eigenvalue weighted by atomic mass is 19.1. The average molecular weight is 251 g/mol. The van der Waals surface area contributed by atoms with Crippen LogP contribution in [-0.4, -0.2) is 24.4 Å². The molecule has 0 aliphatic heterocycles. The fourth-order valence-corrected chi connectivity index (χ4v) is 1.95. The van der Waals surface area contributed by atoms with E-state index in [0.29, 0.717) is 16.8 Å². The minimum absolute atomic E-state index is 0.215. The predicted molar refractivity (Wildman–Crippen MR) is 65.6 cm³/mol. The van der Waals surface area contributed by atoms with Crippen molar-refractivity contribution in [2.75, 3.05) is 13.7 Å². The fourth-order valence-electron chi connectivity index (χ4n) is 1.95. The summed E-state index contributed by atoms with van der Waals surface area (Å²) in [5.74, 6) is -0.0912. The van der Waals surface area contributed by atoms with Crippen LogP contribution in [0.25, 0.3) is 10.9 Å². The van der Waals surface area contributed by atoms with Crippen molar-refractivity contribution < 1.29 is 18.7 Å². The van der Waals surface area contributed by atoms with Crippen LogP contribution in [0.5, 0.6) is 5.75 Å². The van der Waals surface area contributed by atoms with Crippen LogP contribution in [0.15, 0.2) is 18.2 Å². The van der Waals surface area contributed by atoms with Gasteiger partial charge in [-0.2, -0.15) is 0 Å². The second-order valence-corrected chi connectivity index (χ2v) is 3.87. The van der Waals surface area contributed by atoms with Crippen LogP contribution in [0, 0.1) is 12.7 Å². The lowest BCUT2D eigenvalue weighted by molar-refractivity contribution is 0.154. The fraction of sp³-hybridized carbons (Fsp3) is 0.308. The number of fused-ring (bicyclic) bond motifs is 1. The van der Waals surface area contributed by atoms with Gasteiger partial charge in [-0.15, -0.1) is 0 Å². The van der Waals surface area contributed by atoms with Crippen LogP contribution in [-0.2, 0) is 4.74 Å². The number of methoxy groups -OCH3 is 1. The minimum atomic E-state index is -0.575. The summed E-state index contributed by atoms with van der Waals surface area (Å²) in [6.45, 7) is 3.68. The number of nitrogens with zero attached hydrogens (tertiary/aromatic N) is 1. The normalized spacial score (nSPS) is 10.7. The highest BCUT2D eigenvalue weighted by molar-refractivity contribution is 5.92. The topological polar surface area (TPSA) is 40.5 Å². The van der Waals surface area contributed by atoms with Gasteiger partial charge in [0, 0.05) is 17.1 Å². The van der Waals surface area contributed by atoms with Gasteiger partial charge in [-0.25, -0.2) is 13.8 Å². The first-order chi connectivity index (χ1) is 8.58. The summed E-state index contributed by atoms with van der Waals surface area (Å²) in [6.07, 6.45) is -0.575. The van der Waals surface area contributed by atoms with Gasteiger partial charge in [-0.1, -0.05) is 0 Å². The van der Waals surface area contributed by atoms with Crippen LogP contribution in [0.1, 0.15) is 12.6 Å². The zero-order valence-electron chi connectivity index (χ0n) is 10.5. The number of hydrogen-bond acceptors (Lipinski definition) is 3. The van der Waals surface area contributed by atoms with Gasteiger partial charge in [0.15, 0.2) is 5.82 Å². The van der Waals surface area contributed by atoms with Crippen LogP contribution >= 0.6 is 0 Å². The van der Waals surface area contributed by atoms with E-state index in [0.717, 1.165) is 0 Å². The van der Waals surface area contributed by atoms with Crippen molar-refractivity contribution in [3.8, 4) is 5.75 Å². The van der Waals surface area contributed by atoms with E-state index in [1.54, 1.807) is 26.0 Å². The molecule has 0 unspecified atom stereocenters. The van der Waals surface area contributed by atoms with Crippen molar-refractivity contribution in [1.29, 1.82) is 0 Å². The molecule has 1 aromatic carbocycles. The maximum absolute atomic E-state index is 14.0. The zero-order chi connectivity index (χ0) is 13.3. The molecule has 0 saturated heterocycles. The Morgan fingerprint density at radius 2 is 2.11 bits per heavy atom. The molecule has 0 aliphatic carbocycles. The number of hydrogen-bond donors (Lipinski definition) is 0. The Morgan fingerprint density at radius 3 is 2.72 bits per heavy atom.